The lowest BCUT2D eigenvalue weighted by Crippen LogP contribution is -2.54. The Morgan fingerprint density at radius 2 is 2.15 bits per heavy atom. The van der Waals surface area contributed by atoms with Crippen LogP contribution >= 0.6 is 0 Å². The van der Waals surface area contributed by atoms with Crippen LogP contribution in [0.2, 0.25) is 0 Å². The number of rotatable bonds is 6. The van der Waals surface area contributed by atoms with E-state index in [0.717, 1.165) is 13.0 Å². The van der Waals surface area contributed by atoms with Gasteiger partial charge in [0.25, 0.3) is 5.91 Å². The lowest BCUT2D eigenvalue weighted by atomic mass is 9.76. The average molecular weight is 406 g/mol. The average Bonchev–Trinajstić information content (AvgIpc) is 3.07. The van der Waals surface area contributed by atoms with E-state index < -0.39 is 39.8 Å². The molecule has 0 saturated carbocycles. The number of amides is 3. The minimum atomic E-state index is -4.85. The first-order valence-corrected chi connectivity index (χ1v) is 10.3. The van der Waals surface area contributed by atoms with E-state index in [2.05, 4.69) is 22.0 Å². The molecule has 4 atom stereocenters. The Morgan fingerprint density at radius 1 is 1.44 bits per heavy atom. The summed E-state index contributed by atoms with van der Waals surface area (Å²) in [7, 11) is -4.85. The van der Waals surface area contributed by atoms with Crippen molar-refractivity contribution < 1.29 is 31.7 Å². The van der Waals surface area contributed by atoms with Crippen molar-refractivity contribution in [3.63, 3.8) is 0 Å². The molecule has 0 radical (unpaired) electrons. The number of hydroxylamine groups is 3. The Bertz CT molecular complexity index is 713. The SMILES string of the molecule is CC1CC(CONC(=O)C2CC(C)(C)C3CN2C(=O)N3OS(=O)(=O)O)CN1. The van der Waals surface area contributed by atoms with Crippen LogP contribution in [0.5, 0.6) is 0 Å². The molecule has 3 saturated heterocycles. The molecule has 3 N–H and O–H groups in total. The standard InChI is InChI=1S/C15H26N4O7S/c1-9-4-10(6-16-9)8-25-17-13(20)11-5-15(2,3)12-7-18(11)14(21)19(12)26-27(22,23)24/h9-12,16H,4-8H2,1-3H3,(H,17,20)(H,22,23,24). The molecule has 3 amide bonds. The molecule has 0 spiro atoms. The molecule has 154 valence electrons. The van der Waals surface area contributed by atoms with Gasteiger partial charge in [-0.05, 0) is 31.1 Å². The number of hydrogen-bond donors (Lipinski definition) is 3. The summed E-state index contributed by atoms with van der Waals surface area (Å²) in [5, 5.41) is 3.93. The van der Waals surface area contributed by atoms with Crippen LogP contribution in [0.25, 0.3) is 0 Å². The molecule has 2 bridgehead atoms. The zero-order chi connectivity index (χ0) is 20.0. The van der Waals surface area contributed by atoms with Crippen molar-refractivity contribution in [2.24, 2.45) is 11.3 Å². The van der Waals surface area contributed by atoms with Crippen LogP contribution in [0.3, 0.4) is 0 Å². The van der Waals surface area contributed by atoms with Crippen LogP contribution in [0.1, 0.15) is 33.6 Å². The van der Waals surface area contributed by atoms with Crippen molar-refractivity contribution in [3.8, 4) is 0 Å². The highest BCUT2D eigenvalue weighted by atomic mass is 32.3. The Kier molecular flexibility index (Phi) is 5.38. The van der Waals surface area contributed by atoms with Crippen molar-refractivity contribution in [2.75, 3.05) is 19.7 Å². The highest BCUT2D eigenvalue weighted by Crippen LogP contribution is 2.42. The third-order valence-electron chi connectivity index (χ3n) is 5.50. The molecular weight excluding hydrogens is 380 g/mol. The smallest absolute Gasteiger partial charge is 0.314 e. The molecule has 0 aromatic rings. The molecule has 11 nitrogen and oxygen atoms in total. The topological polar surface area (TPSA) is 138 Å². The van der Waals surface area contributed by atoms with Gasteiger partial charge in [-0.3, -0.25) is 14.2 Å². The van der Waals surface area contributed by atoms with Crippen LogP contribution < -0.4 is 10.8 Å². The Morgan fingerprint density at radius 3 is 2.74 bits per heavy atom. The van der Waals surface area contributed by atoms with Crippen LogP contribution in [0.4, 0.5) is 4.79 Å². The van der Waals surface area contributed by atoms with E-state index in [9.17, 15) is 18.0 Å². The molecule has 0 aromatic heterocycles. The van der Waals surface area contributed by atoms with Crippen molar-refractivity contribution in [1.82, 2.24) is 20.8 Å². The highest BCUT2D eigenvalue weighted by Gasteiger charge is 2.57. The maximum Gasteiger partial charge on any atom is 0.418 e. The summed E-state index contributed by atoms with van der Waals surface area (Å²) >= 11 is 0. The molecule has 0 aliphatic carbocycles. The van der Waals surface area contributed by atoms with Gasteiger partial charge in [0, 0.05) is 19.1 Å². The van der Waals surface area contributed by atoms with Crippen LogP contribution in [0.15, 0.2) is 0 Å². The fraction of sp³-hybridized carbons (Fsp3) is 0.867. The fourth-order valence-corrected chi connectivity index (χ4v) is 4.42. The predicted molar refractivity (Wildman–Crippen MR) is 92.2 cm³/mol. The van der Waals surface area contributed by atoms with Gasteiger partial charge >= 0.3 is 16.4 Å². The molecule has 3 fully saturated rings. The van der Waals surface area contributed by atoms with E-state index in [4.69, 9.17) is 9.39 Å². The molecule has 3 aliphatic heterocycles. The summed E-state index contributed by atoms with van der Waals surface area (Å²) in [5.74, 6) is -0.165. The Balaban J connectivity index is 1.63. The van der Waals surface area contributed by atoms with E-state index >= 15 is 0 Å². The summed E-state index contributed by atoms with van der Waals surface area (Å²) in [6.45, 7) is 7.00. The van der Waals surface area contributed by atoms with E-state index in [1.807, 2.05) is 0 Å². The van der Waals surface area contributed by atoms with E-state index in [-0.39, 0.29) is 6.54 Å². The van der Waals surface area contributed by atoms with Crippen LogP contribution in [-0.2, 0) is 24.3 Å². The molecular formula is C15H26N4O7S. The van der Waals surface area contributed by atoms with Gasteiger partial charge in [0.05, 0.1) is 12.6 Å². The number of carbonyl (C=O) groups excluding carboxylic acids is 2. The number of piperidine rings is 1. The Hall–Kier alpha value is -1.47. The number of carbonyl (C=O) groups is 2. The van der Waals surface area contributed by atoms with Crippen LogP contribution in [-0.4, -0.2) is 72.7 Å². The van der Waals surface area contributed by atoms with Gasteiger partial charge in [0.2, 0.25) is 0 Å². The van der Waals surface area contributed by atoms with E-state index in [1.165, 1.54) is 4.90 Å². The lowest BCUT2D eigenvalue weighted by molar-refractivity contribution is -0.141. The van der Waals surface area contributed by atoms with Gasteiger partial charge in [-0.15, -0.1) is 4.28 Å². The lowest BCUT2D eigenvalue weighted by Gasteiger charge is -2.40. The number of nitrogens with zero attached hydrogens (tertiary/aromatic N) is 2. The van der Waals surface area contributed by atoms with Gasteiger partial charge in [0.15, 0.2) is 0 Å². The second kappa shape index (κ2) is 7.17. The van der Waals surface area contributed by atoms with Crippen molar-refractivity contribution in [2.45, 2.75) is 51.7 Å². The zero-order valence-corrected chi connectivity index (χ0v) is 16.4. The maximum absolute atomic E-state index is 12.6. The highest BCUT2D eigenvalue weighted by molar-refractivity contribution is 7.80. The largest absolute Gasteiger partial charge is 0.418 e. The van der Waals surface area contributed by atoms with Crippen molar-refractivity contribution in [3.05, 3.63) is 0 Å². The summed E-state index contributed by atoms with van der Waals surface area (Å²) in [6, 6.07) is -1.79. The zero-order valence-electron chi connectivity index (χ0n) is 15.5. The molecule has 3 heterocycles. The molecule has 3 rings (SSSR count). The third-order valence-corrected chi connectivity index (χ3v) is 5.84. The second-order valence-corrected chi connectivity index (χ2v) is 9.18. The summed E-state index contributed by atoms with van der Waals surface area (Å²) in [5.41, 5.74) is 1.80. The molecule has 12 heteroatoms. The first-order valence-electron chi connectivity index (χ1n) is 8.90. The third kappa shape index (κ3) is 4.35. The summed E-state index contributed by atoms with van der Waals surface area (Å²) in [6.07, 6.45) is 1.26. The normalized spacial score (nSPS) is 32.8. The van der Waals surface area contributed by atoms with E-state index in [0.29, 0.717) is 30.1 Å². The minimum absolute atomic E-state index is 0.115. The van der Waals surface area contributed by atoms with Crippen molar-refractivity contribution >= 4 is 22.3 Å². The Labute approximate surface area is 158 Å². The second-order valence-electron chi connectivity index (χ2n) is 8.18. The van der Waals surface area contributed by atoms with Crippen molar-refractivity contribution in [1.29, 1.82) is 0 Å². The molecule has 3 aliphatic rings. The quantitative estimate of drug-likeness (QED) is 0.403. The fourth-order valence-electron chi connectivity index (χ4n) is 4.05. The molecule has 0 aromatic carbocycles. The monoisotopic (exact) mass is 406 g/mol. The number of fused-ring (bicyclic) bond motifs is 2. The van der Waals surface area contributed by atoms with E-state index in [1.54, 1.807) is 13.8 Å². The van der Waals surface area contributed by atoms with Gasteiger partial charge in [0.1, 0.15) is 6.04 Å². The summed E-state index contributed by atoms with van der Waals surface area (Å²) < 4.78 is 35.5. The first kappa shape index (κ1) is 20.3. The molecule has 27 heavy (non-hydrogen) atoms. The minimum Gasteiger partial charge on any atom is -0.314 e. The summed E-state index contributed by atoms with van der Waals surface area (Å²) in [4.78, 5) is 31.7. The van der Waals surface area contributed by atoms with Crippen LogP contribution in [0, 0.1) is 11.3 Å². The van der Waals surface area contributed by atoms with Gasteiger partial charge in [-0.1, -0.05) is 13.8 Å². The predicted octanol–water partition coefficient (Wildman–Crippen LogP) is -0.329. The van der Waals surface area contributed by atoms with Gasteiger partial charge < -0.3 is 10.2 Å². The first-order chi connectivity index (χ1) is 12.5. The van der Waals surface area contributed by atoms with Gasteiger partial charge in [-0.2, -0.15) is 13.5 Å². The molecule has 4 unspecified atom stereocenters. The number of urea groups is 1. The number of hydrogen-bond acceptors (Lipinski definition) is 7. The maximum atomic E-state index is 12.6. The van der Waals surface area contributed by atoms with Gasteiger partial charge in [-0.25, -0.2) is 10.3 Å². The number of nitrogens with one attached hydrogen (secondary N) is 2.